The Labute approximate surface area is 94.6 Å². The first-order valence-electron chi connectivity index (χ1n) is 4.42. The normalized spacial score (nSPS) is 14.0. The SMILES string of the molecule is C[C@H](N)Cc1ccc(Br)c(C(F)(F)F)c1. The first kappa shape index (κ1) is 12.5. The molecule has 0 aromatic heterocycles. The highest BCUT2D eigenvalue weighted by molar-refractivity contribution is 9.10. The van der Waals surface area contributed by atoms with Gasteiger partial charge in [-0.1, -0.05) is 22.0 Å². The monoisotopic (exact) mass is 281 g/mol. The number of halogens is 4. The summed E-state index contributed by atoms with van der Waals surface area (Å²) in [5.74, 6) is 0. The Morgan fingerprint density at radius 3 is 2.47 bits per heavy atom. The van der Waals surface area contributed by atoms with Crippen molar-refractivity contribution in [2.75, 3.05) is 0 Å². The van der Waals surface area contributed by atoms with E-state index >= 15 is 0 Å². The maximum Gasteiger partial charge on any atom is 0.417 e. The van der Waals surface area contributed by atoms with Crippen LogP contribution in [0.4, 0.5) is 13.2 Å². The van der Waals surface area contributed by atoms with Crippen LogP contribution in [0.1, 0.15) is 18.1 Å². The first-order chi connectivity index (χ1) is 6.80. The number of rotatable bonds is 2. The summed E-state index contributed by atoms with van der Waals surface area (Å²) >= 11 is 2.88. The van der Waals surface area contributed by atoms with Gasteiger partial charge in [0, 0.05) is 10.5 Å². The van der Waals surface area contributed by atoms with E-state index in [4.69, 9.17) is 5.73 Å². The molecule has 0 aliphatic heterocycles. The molecule has 0 aliphatic carbocycles. The second kappa shape index (κ2) is 4.53. The van der Waals surface area contributed by atoms with E-state index in [0.29, 0.717) is 12.0 Å². The van der Waals surface area contributed by atoms with Gasteiger partial charge in [-0.25, -0.2) is 0 Å². The van der Waals surface area contributed by atoms with Gasteiger partial charge in [0.2, 0.25) is 0 Å². The summed E-state index contributed by atoms with van der Waals surface area (Å²) in [6.07, 6.45) is -3.89. The third-order valence-corrected chi connectivity index (χ3v) is 2.59. The Morgan fingerprint density at radius 1 is 1.40 bits per heavy atom. The van der Waals surface area contributed by atoms with Crippen LogP contribution in [0.3, 0.4) is 0 Å². The van der Waals surface area contributed by atoms with Crippen molar-refractivity contribution in [2.45, 2.75) is 25.6 Å². The van der Waals surface area contributed by atoms with Crippen molar-refractivity contribution in [1.82, 2.24) is 0 Å². The summed E-state index contributed by atoms with van der Waals surface area (Å²) in [6.45, 7) is 1.76. The van der Waals surface area contributed by atoms with Crippen molar-refractivity contribution in [1.29, 1.82) is 0 Å². The lowest BCUT2D eigenvalue weighted by molar-refractivity contribution is -0.138. The zero-order valence-corrected chi connectivity index (χ0v) is 9.69. The lowest BCUT2D eigenvalue weighted by Gasteiger charge is -2.12. The molecule has 0 heterocycles. The van der Waals surface area contributed by atoms with Crippen LogP contribution >= 0.6 is 15.9 Å². The smallest absolute Gasteiger partial charge is 0.328 e. The predicted octanol–water partition coefficient (Wildman–Crippen LogP) is 3.36. The summed E-state index contributed by atoms with van der Waals surface area (Å²) < 4.78 is 37.6. The number of hydrogen-bond donors (Lipinski definition) is 1. The fourth-order valence-electron chi connectivity index (χ4n) is 1.29. The Balaban J connectivity index is 3.06. The van der Waals surface area contributed by atoms with Crippen LogP contribution in [-0.2, 0) is 12.6 Å². The molecule has 0 spiro atoms. The summed E-state index contributed by atoms with van der Waals surface area (Å²) in [5.41, 5.74) is 5.47. The Bertz CT molecular complexity index is 347. The van der Waals surface area contributed by atoms with Crippen molar-refractivity contribution < 1.29 is 13.2 Å². The van der Waals surface area contributed by atoms with E-state index in [1.54, 1.807) is 13.0 Å². The van der Waals surface area contributed by atoms with Gasteiger partial charge in [-0.15, -0.1) is 0 Å². The van der Waals surface area contributed by atoms with E-state index < -0.39 is 11.7 Å². The maximum atomic E-state index is 12.5. The molecule has 0 saturated heterocycles. The lowest BCUT2D eigenvalue weighted by Crippen LogP contribution is -2.18. The zero-order chi connectivity index (χ0) is 11.6. The molecular formula is C10H11BrF3N. The van der Waals surface area contributed by atoms with Gasteiger partial charge in [-0.05, 0) is 31.0 Å². The Morgan fingerprint density at radius 2 is 2.00 bits per heavy atom. The minimum Gasteiger partial charge on any atom is -0.328 e. The van der Waals surface area contributed by atoms with Crippen LogP contribution in [0.2, 0.25) is 0 Å². The van der Waals surface area contributed by atoms with Crippen molar-refractivity contribution in [3.8, 4) is 0 Å². The van der Waals surface area contributed by atoms with Gasteiger partial charge in [0.15, 0.2) is 0 Å². The molecule has 84 valence electrons. The first-order valence-corrected chi connectivity index (χ1v) is 5.21. The molecule has 15 heavy (non-hydrogen) atoms. The summed E-state index contributed by atoms with van der Waals surface area (Å²) in [6, 6.07) is 4.03. The van der Waals surface area contributed by atoms with E-state index in [-0.39, 0.29) is 10.5 Å². The topological polar surface area (TPSA) is 26.0 Å². The molecular weight excluding hydrogens is 271 g/mol. The van der Waals surface area contributed by atoms with Crippen molar-refractivity contribution in [3.63, 3.8) is 0 Å². The van der Waals surface area contributed by atoms with Crippen LogP contribution in [0.15, 0.2) is 22.7 Å². The average molecular weight is 282 g/mol. The van der Waals surface area contributed by atoms with Crippen molar-refractivity contribution in [2.24, 2.45) is 5.73 Å². The van der Waals surface area contributed by atoms with E-state index in [1.165, 1.54) is 6.07 Å². The predicted molar refractivity (Wildman–Crippen MR) is 56.5 cm³/mol. The molecule has 1 aromatic rings. The van der Waals surface area contributed by atoms with Crippen LogP contribution in [0.5, 0.6) is 0 Å². The fraction of sp³-hybridized carbons (Fsp3) is 0.400. The highest BCUT2D eigenvalue weighted by atomic mass is 79.9. The van der Waals surface area contributed by atoms with E-state index in [0.717, 1.165) is 6.07 Å². The van der Waals surface area contributed by atoms with Crippen LogP contribution in [0.25, 0.3) is 0 Å². The molecule has 1 atom stereocenters. The summed E-state index contributed by atoms with van der Waals surface area (Å²) in [5, 5.41) is 0. The van der Waals surface area contributed by atoms with Gasteiger partial charge in [0.1, 0.15) is 0 Å². The summed E-state index contributed by atoms with van der Waals surface area (Å²) in [4.78, 5) is 0. The van der Waals surface area contributed by atoms with Gasteiger partial charge in [0.05, 0.1) is 5.56 Å². The molecule has 1 rings (SSSR count). The second-order valence-corrected chi connectivity index (χ2v) is 4.35. The van der Waals surface area contributed by atoms with Crippen LogP contribution in [0, 0.1) is 0 Å². The molecule has 2 N–H and O–H groups in total. The Kier molecular flexibility index (Phi) is 3.78. The molecule has 1 aromatic carbocycles. The van der Waals surface area contributed by atoms with Crippen LogP contribution in [-0.4, -0.2) is 6.04 Å². The maximum absolute atomic E-state index is 12.5. The van der Waals surface area contributed by atoms with Gasteiger partial charge in [0.25, 0.3) is 0 Å². The zero-order valence-electron chi connectivity index (χ0n) is 8.11. The molecule has 0 saturated carbocycles. The van der Waals surface area contributed by atoms with E-state index in [1.807, 2.05) is 0 Å². The minimum absolute atomic E-state index is 0.0587. The standard InChI is InChI=1S/C10H11BrF3N/c1-6(15)4-7-2-3-9(11)8(5-7)10(12,13)14/h2-3,5-6H,4,15H2,1H3/t6-/m0/s1. The van der Waals surface area contributed by atoms with Crippen LogP contribution < -0.4 is 5.73 Å². The van der Waals surface area contributed by atoms with E-state index in [9.17, 15) is 13.2 Å². The largest absolute Gasteiger partial charge is 0.417 e. The highest BCUT2D eigenvalue weighted by Crippen LogP contribution is 2.35. The third kappa shape index (κ3) is 3.50. The molecule has 0 amide bonds. The number of alkyl halides is 3. The Hall–Kier alpha value is -0.550. The average Bonchev–Trinajstić information content (AvgIpc) is 2.05. The summed E-state index contributed by atoms with van der Waals surface area (Å²) in [7, 11) is 0. The molecule has 5 heteroatoms. The number of hydrogen-bond acceptors (Lipinski definition) is 1. The number of nitrogens with two attached hydrogens (primary N) is 1. The van der Waals surface area contributed by atoms with Gasteiger partial charge >= 0.3 is 6.18 Å². The number of benzene rings is 1. The van der Waals surface area contributed by atoms with Gasteiger partial charge in [-0.2, -0.15) is 13.2 Å². The molecule has 0 aliphatic rings. The molecule has 0 unspecified atom stereocenters. The molecule has 0 bridgehead atoms. The molecule has 0 radical (unpaired) electrons. The minimum atomic E-state index is -4.33. The van der Waals surface area contributed by atoms with Crippen molar-refractivity contribution >= 4 is 15.9 Å². The molecule has 1 nitrogen and oxygen atoms in total. The van der Waals surface area contributed by atoms with Gasteiger partial charge in [-0.3, -0.25) is 0 Å². The van der Waals surface area contributed by atoms with Crippen molar-refractivity contribution in [3.05, 3.63) is 33.8 Å². The highest BCUT2D eigenvalue weighted by Gasteiger charge is 2.33. The lowest BCUT2D eigenvalue weighted by atomic mass is 10.0. The third-order valence-electron chi connectivity index (χ3n) is 1.89. The second-order valence-electron chi connectivity index (χ2n) is 3.49. The van der Waals surface area contributed by atoms with E-state index in [2.05, 4.69) is 15.9 Å². The quantitative estimate of drug-likeness (QED) is 0.884. The molecule has 0 fully saturated rings. The fourth-order valence-corrected chi connectivity index (χ4v) is 1.76. The van der Waals surface area contributed by atoms with Gasteiger partial charge < -0.3 is 5.73 Å².